The zero-order chi connectivity index (χ0) is 15.1. The predicted molar refractivity (Wildman–Crippen MR) is 79.5 cm³/mol. The van der Waals surface area contributed by atoms with Crippen molar-refractivity contribution in [2.45, 2.75) is 50.1 Å². The van der Waals surface area contributed by atoms with Gasteiger partial charge in [0.1, 0.15) is 5.75 Å². The van der Waals surface area contributed by atoms with Crippen LogP contribution >= 0.6 is 0 Å². The monoisotopic (exact) mass is 313 g/mol. The van der Waals surface area contributed by atoms with E-state index < -0.39 is 21.5 Å². The first-order valence-electron chi connectivity index (χ1n) is 7.57. The number of aromatic amines is 1. The Morgan fingerprint density at radius 1 is 1.33 bits per heavy atom. The second-order valence-corrected chi connectivity index (χ2v) is 7.55. The summed E-state index contributed by atoms with van der Waals surface area (Å²) in [6, 6.07) is 0. The molecule has 0 spiro atoms. The average molecular weight is 313 g/mol. The van der Waals surface area contributed by atoms with Crippen LogP contribution in [0.4, 0.5) is 0 Å². The van der Waals surface area contributed by atoms with Crippen molar-refractivity contribution in [1.29, 1.82) is 0 Å². The quantitative estimate of drug-likeness (QED) is 0.749. The lowest BCUT2D eigenvalue weighted by molar-refractivity contribution is -0.118. The van der Waals surface area contributed by atoms with E-state index in [0.29, 0.717) is 6.54 Å². The van der Waals surface area contributed by atoms with Crippen LogP contribution in [0.15, 0.2) is 17.6 Å². The molecule has 1 fully saturated rings. The molecule has 1 aromatic heterocycles. The lowest BCUT2D eigenvalue weighted by atomic mass is 9.86. The molecule has 0 atom stereocenters. The Bertz CT molecular complexity index is 534. The van der Waals surface area contributed by atoms with E-state index in [-0.39, 0.29) is 5.16 Å². The number of hydrogen-bond acceptors (Lipinski definition) is 4. The lowest BCUT2D eigenvalue weighted by Gasteiger charge is -2.21. The van der Waals surface area contributed by atoms with E-state index in [1.165, 1.54) is 44.5 Å². The first kappa shape index (κ1) is 16.0. The summed E-state index contributed by atoms with van der Waals surface area (Å²) >= 11 is 0. The number of carbonyl (C=O) groups excluding carboxylic acids is 1. The zero-order valence-electron chi connectivity index (χ0n) is 12.2. The van der Waals surface area contributed by atoms with E-state index in [9.17, 15) is 13.2 Å². The molecule has 0 aromatic carbocycles. The van der Waals surface area contributed by atoms with Gasteiger partial charge in [-0.2, -0.15) is 0 Å². The minimum absolute atomic E-state index is 0.153. The number of aromatic nitrogens is 2. The molecule has 118 valence electrons. The van der Waals surface area contributed by atoms with Crippen LogP contribution in [0, 0.1) is 5.92 Å². The Kier molecular flexibility index (Phi) is 5.78. The third kappa shape index (κ3) is 5.15. The molecular formula is C14H23N3O3S. The van der Waals surface area contributed by atoms with Crippen LogP contribution in [0.5, 0.6) is 0 Å². The van der Waals surface area contributed by atoms with E-state index in [4.69, 9.17) is 0 Å². The molecule has 6 nitrogen and oxygen atoms in total. The van der Waals surface area contributed by atoms with E-state index in [0.717, 1.165) is 18.8 Å². The summed E-state index contributed by atoms with van der Waals surface area (Å²) in [5.74, 6) is -0.234. The SMILES string of the molecule is O=C(CS(=O)(=O)c1ncc[nH]1)NCCCC1CCCCC1. The van der Waals surface area contributed by atoms with Gasteiger partial charge in [0, 0.05) is 18.9 Å². The summed E-state index contributed by atoms with van der Waals surface area (Å²) < 4.78 is 23.7. The summed E-state index contributed by atoms with van der Waals surface area (Å²) in [6.07, 6.45) is 11.4. The summed E-state index contributed by atoms with van der Waals surface area (Å²) in [5, 5.41) is 2.53. The number of amides is 1. The van der Waals surface area contributed by atoms with Gasteiger partial charge in [0.15, 0.2) is 0 Å². The van der Waals surface area contributed by atoms with Crippen molar-refractivity contribution >= 4 is 15.7 Å². The van der Waals surface area contributed by atoms with Crippen LogP contribution in [-0.2, 0) is 14.6 Å². The number of hydrogen-bond donors (Lipinski definition) is 2. The first-order chi connectivity index (χ1) is 10.1. The molecule has 2 rings (SSSR count). The van der Waals surface area contributed by atoms with Gasteiger partial charge in [0.25, 0.3) is 0 Å². The van der Waals surface area contributed by atoms with Crippen LogP contribution in [0.1, 0.15) is 44.9 Å². The molecule has 2 N–H and O–H groups in total. The zero-order valence-corrected chi connectivity index (χ0v) is 13.0. The standard InChI is InChI=1S/C14H23N3O3S/c18-13(11-21(19,20)14-16-9-10-17-14)15-8-4-7-12-5-2-1-3-6-12/h9-10,12H,1-8,11H2,(H,15,18)(H,16,17). The van der Waals surface area contributed by atoms with Gasteiger partial charge in [0.05, 0.1) is 0 Å². The molecule has 21 heavy (non-hydrogen) atoms. The molecule has 1 amide bonds. The molecule has 1 aliphatic rings. The fraction of sp³-hybridized carbons (Fsp3) is 0.714. The Morgan fingerprint density at radius 3 is 2.76 bits per heavy atom. The Hall–Kier alpha value is -1.37. The van der Waals surface area contributed by atoms with Crippen molar-refractivity contribution in [3.05, 3.63) is 12.4 Å². The number of nitrogens with zero attached hydrogens (tertiary/aromatic N) is 1. The van der Waals surface area contributed by atoms with E-state index in [1.54, 1.807) is 0 Å². The molecule has 0 radical (unpaired) electrons. The molecule has 7 heteroatoms. The largest absolute Gasteiger partial charge is 0.355 e. The Morgan fingerprint density at radius 2 is 2.10 bits per heavy atom. The topological polar surface area (TPSA) is 91.9 Å². The normalized spacial score (nSPS) is 16.8. The molecule has 0 bridgehead atoms. The van der Waals surface area contributed by atoms with Crippen LogP contribution in [0.25, 0.3) is 0 Å². The van der Waals surface area contributed by atoms with Crippen molar-refractivity contribution in [1.82, 2.24) is 15.3 Å². The number of sulfone groups is 1. The molecule has 1 aromatic rings. The summed E-state index contributed by atoms with van der Waals surface area (Å²) in [7, 11) is -3.65. The number of imidazole rings is 1. The van der Waals surface area contributed by atoms with E-state index in [1.807, 2.05) is 0 Å². The molecule has 1 aliphatic carbocycles. The third-order valence-electron chi connectivity index (χ3n) is 3.92. The summed E-state index contributed by atoms with van der Waals surface area (Å²) in [4.78, 5) is 17.9. The second kappa shape index (κ2) is 7.59. The molecule has 0 unspecified atom stereocenters. The van der Waals surface area contributed by atoms with Gasteiger partial charge in [-0.1, -0.05) is 32.1 Å². The lowest BCUT2D eigenvalue weighted by Crippen LogP contribution is -2.31. The minimum atomic E-state index is -3.65. The fourth-order valence-electron chi connectivity index (χ4n) is 2.81. The van der Waals surface area contributed by atoms with Gasteiger partial charge in [-0.05, 0) is 18.8 Å². The van der Waals surface area contributed by atoms with E-state index in [2.05, 4.69) is 15.3 Å². The molecule has 1 heterocycles. The van der Waals surface area contributed by atoms with Crippen LogP contribution < -0.4 is 5.32 Å². The highest BCUT2D eigenvalue weighted by molar-refractivity contribution is 7.91. The predicted octanol–water partition coefficient (Wildman–Crippen LogP) is 1.66. The van der Waals surface area contributed by atoms with Gasteiger partial charge >= 0.3 is 0 Å². The van der Waals surface area contributed by atoms with Gasteiger partial charge in [0.2, 0.25) is 20.9 Å². The van der Waals surface area contributed by atoms with Crippen molar-refractivity contribution in [2.24, 2.45) is 5.92 Å². The van der Waals surface area contributed by atoms with Crippen molar-refractivity contribution < 1.29 is 13.2 Å². The van der Waals surface area contributed by atoms with Gasteiger partial charge < -0.3 is 10.3 Å². The fourth-order valence-corrected chi connectivity index (χ4v) is 3.86. The van der Waals surface area contributed by atoms with Gasteiger partial charge in [-0.3, -0.25) is 4.79 Å². The number of carbonyl (C=O) groups is 1. The van der Waals surface area contributed by atoms with Crippen LogP contribution in [-0.4, -0.2) is 36.6 Å². The Balaban J connectivity index is 1.65. The maximum Gasteiger partial charge on any atom is 0.235 e. The highest BCUT2D eigenvalue weighted by Crippen LogP contribution is 2.26. The summed E-state index contributed by atoms with van der Waals surface area (Å²) in [6.45, 7) is 0.545. The maximum absolute atomic E-state index is 11.8. The number of nitrogens with one attached hydrogen (secondary N) is 2. The van der Waals surface area contributed by atoms with Gasteiger partial charge in [-0.25, -0.2) is 13.4 Å². The van der Waals surface area contributed by atoms with Crippen molar-refractivity contribution in [2.75, 3.05) is 12.3 Å². The van der Waals surface area contributed by atoms with E-state index >= 15 is 0 Å². The molecule has 0 saturated heterocycles. The highest BCUT2D eigenvalue weighted by atomic mass is 32.2. The second-order valence-electron chi connectivity index (χ2n) is 5.65. The molecular weight excluding hydrogens is 290 g/mol. The van der Waals surface area contributed by atoms with Crippen LogP contribution in [0.3, 0.4) is 0 Å². The number of rotatable bonds is 7. The highest BCUT2D eigenvalue weighted by Gasteiger charge is 2.21. The third-order valence-corrected chi connectivity index (χ3v) is 5.38. The summed E-state index contributed by atoms with van der Waals surface area (Å²) in [5.41, 5.74) is 0. The maximum atomic E-state index is 11.8. The first-order valence-corrected chi connectivity index (χ1v) is 9.22. The van der Waals surface area contributed by atoms with Crippen molar-refractivity contribution in [3.63, 3.8) is 0 Å². The van der Waals surface area contributed by atoms with Gasteiger partial charge in [-0.15, -0.1) is 0 Å². The minimum Gasteiger partial charge on any atom is -0.355 e. The molecule has 0 aliphatic heterocycles. The smallest absolute Gasteiger partial charge is 0.235 e. The van der Waals surface area contributed by atoms with Crippen molar-refractivity contribution in [3.8, 4) is 0 Å². The molecule has 1 saturated carbocycles. The number of H-pyrrole nitrogens is 1. The average Bonchev–Trinajstić information content (AvgIpc) is 2.99. The Labute approximate surface area is 125 Å². The van der Waals surface area contributed by atoms with Crippen LogP contribution in [0.2, 0.25) is 0 Å².